The zero-order chi connectivity index (χ0) is 67.2. The Morgan fingerprint density at radius 3 is 1.09 bits per heavy atom. The number of nitrogens with one attached hydrogen (secondary N) is 1. The number of amides is 1. The van der Waals surface area contributed by atoms with E-state index in [9.17, 15) is 35.1 Å². The lowest BCUT2D eigenvalue weighted by Crippen LogP contribution is -2.60. The number of esters is 1. The first-order valence-electron chi connectivity index (χ1n) is 40.8. The molecule has 0 bridgehead atoms. The van der Waals surface area contributed by atoms with E-state index in [2.05, 4.69) is 43.5 Å². The number of carbonyl (C=O) groups is 2. The molecule has 1 amide bonds. The van der Waals surface area contributed by atoms with Gasteiger partial charge in [0.15, 0.2) is 6.29 Å². The fourth-order valence-corrected chi connectivity index (χ4v) is 13.1. The minimum atomic E-state index is -1.57. The first-order valence-corrected chi connectivity index (χ1v) is 40.8. The Kier molecular flexibility index (Phi) is 68.0. The second kappa shape index (κ2) is 71.2. The van der Waals surface area contributed by atoms with E-state index in [-0.39, 0.29) is 18.5 Å². The quantitative estimate of drug-likeness (QED) is 0.0195. The molecule has 1 aliphatic heterocycles. The topological polar surface area (TPSA) is 175 Å². The van der Waals surface area contributed by atoms with E-state index in [4.69, 9.17) is 14.2 Å². The SMILES string of the molecule is CCCCCCCCCCCC/C=C/C(O)C(COC1OC(CO)C(O)C(O)C1O)NC(=O)CCCCCCCCCCCCCCCCCCC/C=C\C/C=C\CCCCCCCCCCCCCCCCCOC(=O)CCCCCCCCCCCCCCCC. The molecule has 0 aromatic carbocycles. The fourth-order valence-electron chi connectivity index (χ4n) is 13.1. The van der Waals surface area contributed by atoms with E-state index in [1.165, 1.54) is 327 Å². The van der Waals surface area contributed by atoms with Crippen LogP contribution < -0.4 is 5.32 Å². The van der Waals surface area contributed by atoms with Gasteiger partial charge in [-0.05, 0) is 64.2 Å². The highest BCUT2D eigenvalue weighted by atomic mass is 16.7. The van der Waals surface area contributed by atoms with Crippen LogP contribution in [-0.2, 0) is 23.8 Å². The molecule has 1 saturated heterocycles. The van der Waals surface area contributed by atoms with Crippen molar-refractivity contribution in [2.24, 2.45) is 0 Å². The molecule has 0 spiro atoms. The molecule has 0 aromatic rings. The molecular formula is C82H155NO10. The molecule has 1 rings (SSSR count). The summed E-state index contributed by atoms with van der Waals surface area (Å²) in [5.74, 6) is -0.159. The number of aliphatic hydroxyl groups is 5. The predicted octanol–water partition coefficient (Wildman–Crippen LogP) is 22.1. The number of rotatable bonds is 73. The lowest BCUT2D eigenvalue weighted by Gasteiger charge is -2.40. The van der Waals surface area contributed by atoms with E-state index >= 15 is 0 Å². The van der Waals surface area contributed by atoms with Gasteiger partial charge >= 0.3 is 5.97 Å². The highest BCUT2D eigenvalue weighted by Gasteiger charge is 2.44. The van der Waals surface area contributed by atoms with Crippen molar-refractivity contribution >= 4 is 11.9 Å². The van der Waals surface area contributed by atoms with Gasteiger partial charge in [-0.2, -0.15) is 0 Å². The monoisotopic (exact) mass is 1310 g/mol. The molecule has 7 unspecified atom stereocenters. The van der Waals surface area contributed by atoms with Crippen molar-refractivity contribution in [1.29, 1.82) is 0 Å². The number of hydrogen-bond donors (Lipinski definition) is 6. The van der Waals surface area contributed by atoms with E-state index in [1.807, 2.05) is 6.08 Å². The van der Waals surface area contributed by atoms with Gasteiger partial charge in [0.1, 0.15) is 24.4 Å². The van der Waals surface area contributed by atoms with Crippen molar-refractivity contribution < 1.29 is 49.3 Å². The molecule has 0 aromatic heterocycles. The third-order valence-electron chi connectivity index (χ3n) is 19.5. The molecule has 0 aliphatic carbocycles. The summed E-state index contributed by atoms with van der Waals surface area (Å²) in [6.45, 7) is 4.39. The summed E-state index contributed by atoms with van der Waals surface area (Å²) in [5, 5.41) is 54.5. The van der Waals surface area contributed by atoms with Crippen LogP contribution in [0.1, 0.15) is 412 Å². The summed E-state index contributed by atoms with van der Waals surface area (Å²) in [6.07, 6.45) is 83.3. The second-order valence-electron chi connectivity index (χ2n) is 28.5. The standard InChI is InChI=1S/C82H155NO10/c1-3-5-7-9-11-13-15-17-46-50-54-58-62-66-70-78(87)91-71-67-63-59-55-51-47-44-42-40-38-36-34-32-30-28-26-24-22-20-18-19-21-23-25-27-29-31-33-35-37-39-41-43-45-49-53-57-61-65-69-77(86)83-74(73-92-82-81(90)80(89)79(88)76(72-84)93-82)75(85)68-64-60-56-52-48-16-14-12-10-8-6-4-2/h18-19,22,24,64,68,74-76,79-82,84-85,88-90H,3-17,20-21,23,25-63,65-67,69-73H2,1-2H3,(H,83,86)/b19-18-,24-22-,68-64+. The van der Waals surface area contributed by atoms with Crippen molar-refractivity contribution in [3.63, 3.8) is 0 Å². The zero-order valence-electron chi connectivity index (χ0n) is 61.2. The van der Waals surface area contributed by atoms with Gasteiger partial charge in [0, 0.05) is 12.8 Å². The van der Waals surface area contributed by atoms with Gasteiger partial charge in [0.05, 0.1) is 32.0 Å². The zero-order valence-corrected chi connectivity index (χ0v) is 61.2. The molecule has 548 valence electrons. The first kappa shape index (κ1) is 88.9. The van der Waals surface area contributed by atoms with Crippen LogP contribution >= 0.6 is 0 Å². The maximum absolute atomic E-state index is 13.1. The molecule has 1 aliphatic rings. The van der Waals surface area contributed by atoms with Crippen LogP contribution in [0.5, 0.6) is 0 Å². The summed E-state index contributed by atoms with van der Waals surface area (Å²) in [4.78, 5) is 25.2. The molecule has 1 heterocycles. The van der Waals surface area contributed by atoms with Crippen molar-refractivity contribution in [1.82, 2.24) is 5.32 Å². The average molecular weight is 1320 g/mol. The number of carbonyl (C=O) groups excluding carboxylic acids is 2. The summed E-state index contributed by atoms with van der Waals surface area (Å²) in [5.41, 5.74) is 0. The number of unbranched alkanes of at least 4 members (excludes halogenated alkanes) is 55. The van der Waals surface area contributed by atoms with Crippen LogP contribution in [0.2, 0.25) is 0 Å². The second-order valence-corrected chi connectivity index (χ2v) is 28.5. The van der Waals surface area contributed by atoms with Crippen LogP contribution in [0.3, 0.4) is 0 Å². The van der Waals surface area contributed by atoms with E-state index in [0.717, 1.165) is 57.8 Å². The minimum absolute atomic E-state index is 0.0176. The Hall–Kier alpha value is -2.12. The smallest absolute Gasteiger partial charge is 0.305 e. The molecule has 7 atom stereocenters. The minimum Gasteiger partial charge on any atom is -0.466 e. The summed E-state index contributed by atoms with van der Waals surface area (Å²) in [6, 6.07) is -0.807. The number of aliphatic hydroxyl groups excluding tert-OH is 5. The van der Waals surface area contributed by atoms with Gasteiger partial charge < -0.3 is 45.1 Å². The van der Waals surface area contributed by atoms with Crippen LogP contribution in [0.4, 0.5) is 0 Å². The van der Waals surface area contributed by atoms with Crippen LogP contribution in [0, 0.1) is 0 Å². The molecule has 0 saturated carbocycles. The lowest BCUT2D eigenvalue weighted by atomic mass is 9.99. The molecule has 0 radical (unpaired) electrons. The summed E-state index contributed by atoms with van der Waals surface area (Å²) < 4.78 is 16.8. The van der Waals surface area contributed by atoms with Crippen LogP contribution in [-0.4, -0.2) is 100 Å². The van der Waals surface area contributed by atoms with Gasteiger partial charge in [-0.3, -0.25) is 9.59 Å². The van der Waals surface area contributed by atoms with Gasteiger partial charge in [-0.25, -0.2) is 0 Å². The number of allylic oxidation sites excluding steroid dienone is 5. The van der Waals surface area contributed by atoms with Crippen LogP contribution in [0.25, 0.3) is 0 Å². The van der Waals surface area contributed by atoms with Crippen molar-refractivity contribution in [2.45, 2.75) is 455 Å². The highest BCUT2D eigenvalue weighted by Crippen LogP contribution is 2.24. The Balaban J connectivity index is 1.89. The van der Waals surface area contributed by atoms with E-state index in [0.29, 0.717) is 19.4 Å². The molecule has 11 nitrogen and oxygen atoms in total. The molecule has 6 N–H and O–H groups in total. The van der Waals surface area contributed by atoms with Crippen molar-refractivity contribution in [3.05, 3.63) is 36.5 Å². The Morgan fingerprint density at radius 1 is 0.398 bits per heavy atom. The maximum atomic E-state index is 13.1. The highest BCUT2D eigenvalue weighted by molar-refractivity contribution is 5.76. The largest absolute Gasteiger partial charge is 0.466 e. The van der Waals surface area contributed by atoms with Crippen LogP contribution in [0.15, 0.2) is 36.5 Å². The third kappa shape index (κ3) is 59.6. The van der Waals surface area contributed by atoms with Gasteiger partial charge in [0.25, 0.3) is 0 Å². The third-order valence-corrected chi connectivity index (χ3v) is 19.5. The van der Waals surface area contributed by atoms with Gasteiger partial charge in [0.2, 0.25) is 5.91 Å². The summed E-state index contributed by atoms with van der Waals surface area (Å²) >= 11 is 0. The Morgan fingerprint density at radius 2 is 0.720 bits per heavy atom. The molecule has 1 fully saturated rings. The average Bonchev–Trinajstić information content (AvgIpc) is 2.25. The first-order chi connectivity index (χ1) is 45.7. The normalized spacial score (nSPS) is 17.6. The van der Waals surface area contributed by atoms with E-state index in [1.54, 1.807) is 6.08 Å². The molecule has 11 heteroatoms. The summed E-state index contributed by atoms with van der Waals surface area (Å²) in [7, 11) is 0. The maximum Gasteiger partial charge on any atom is 0.305 e. The lowest BCUT2D eigenvalue weighted by molar-refractivity contribution is -0.302. The van der Waals surface area contributed by atoms with Crippen molar-refractivity contribution in [2.75, 3.05) is 19.8 Å². The molecular weight excluding hydrogens is 1160 g/mol. The Labute approximate surface area is 574 Å². The predicted molar refractivity (Wildman–Crippen MR) is 394 cm³/mol. The number of ether oxygens (including phenoxy) is 3. The Bertz CT molecular complexity index is 1640. The van der Waals surface area contributed by atoms with Gasteiger partial charge in [-0.15, -0.1) is 0 Å². The van der Waals surface area contributed by atoms with E-state index < -0.39 is 49.5 Å². The fraction of sp³-hybridized carbons (Fsp3) is 0.902. The van der Waals surface area contributed by atoms with Gasteiger partial charge in [-0.1, -0.05) is 371 Å². The molecule has 93 heavy (non-hydrogen) atoms. The number of hydrogen-bond acceptors (Lipinski definition) is 10. The van der Waals surface area contributed by atoms with Crippen molar-refractivity contribution in [3.8, 4) is 0 Å².